The number of aromatic nitrogens is 4. The summed E-state index contributed by atoms with van der Waals surface area (Å²) in [5, 5.41) is 19.2. The topological polar surface area (TPSA) is 106 Å². The summed E-state index contributed by atoms with van der Waals surface area (Å²) in [6.07, 6.45) is 4.45. The van der Waals surface area contributed by atoms with Crippen LogP contribution in [-0.2, 0) is 29.7 Å². The number of ether oxygens (including phenoxy) is 1. The third-order valence-corrected chi connectivity index (χ3v) is 6.98. The van der Waals surface area contributed by atoms with Crippen LogP contribution >= 0.6 is 0 Å². The highest BCUT2D eigenvalue weighted by Gasteiger charge is 2.29. The van der Waals surface area contributed by atoms with E-state index in [9.17, 15) is 14.7 Å². The molecule has 3 heterocycles. The molecule has 10 nitrogen and oxygen atoms in total. The summed E-state index contributed by atoms with van der Waals surface area (Å²) in [5.41, 5.74) is 2.32. The molecule has 0 radical (unpaired) electrons. The van der Waals surface area contributed by atoms with E-state index in [1.54, 1.807) is 21.5 Å². The summed E-state index contributed by atoms with van der Waals surface area (Å²) in [7, 11) is 3.73. The monoisotopic (exact) mass is 496 g/mol. The number of nitrogens with zero attached hydrogens (tertiary/aromatic N) is 6. The van der Waals surface area contributed by atoms with Crippen LogP contribution in [-0.4, -0.2) is 85.2 Å². The molecule has 0 saturated heterocycles. The fourth-order valence-corrected chi connectivity index (χ4v) is 4.66. The van der Waals surface area contributed by atoms with E-state index in [0.29, 0.717) is 43.7 Å². The second-order valence-corrected chi connectivity index (χ2v) is 9.87. The lowest BCUT2D eigenvalue weighted by molar-refractivity contribution is -0.136. The van der Waals surface area contributed by atoms with E-state index in [0.717, 1.165) is 10.9 Å². The minimum absolute atomic E-state index is 0.0120. The first-order valence-electron chi connectivity index (χ1n) is 12.5. The number of amides is 2. The lowest BCUT2D eigenvalue weighted by Crippen LogP contribution is -2.47. The van der Waals surface area contributed by atoms with Gasteiger partial charge < -0.3 is 24.2 Å². The predicted molar refractivity (Wildman–Crippen MR) is 135 cm³/mol. The third-order valence-electron chi connectivity index (χ3n) is 6.98. The van der Waals surface area contributed by atoms with Crippen LogP contribution in [0.15, 0.2) is 36.7 Å². The Labute approximate surface area is 211 Å². The van der Waals surface area contributed by atoms with Gasteiger partial charge in [-0.1, -0.05) is 18.2 Å². The molecule has 0 unspecified atom stereocenters. The number of hydrogen-bond acceptors (Lipinski definition) is 6. The summed E-state index contributed by atoms with van der Waals surface area (Å²) >= 11 is 0. The Kier molecular flexibility index (Phi) is 8.05. The van der Waals surface area contributed by atoms with Crippen molar-refractivity contribution in [3.63, 3.8) is 0 Å². The van der Waals surface area contributed by atoms with Gasteiger partial charge in [0, 0.05) is 63.3 Å². The molecule has 1 aromatic carbocycles. The zero-order chi connectivity index (χ0) is 25.8. The maximum Gasteiger partial charge on any atom is 0.253 e. The number of aliphatic hydroxyl groups is 1. The summed E-state index contributed by atoms with van der Waals surface area (Å²) in [6, 6.07) is 7.42. The molecule has 4 rings (SSSR count). The molecule has 1 aliphatic heterocycles. The van der Waals surface area contributed by atoms with Gasteiger partial charge in [0.05, 0.1) is 31.6 Å². The third kappa shape index (κ3) is 5.76. The molecule has 2 aromatic heterocycles. The van der Waals surface area contributed by atoms with Crippen molar-refractivity contribution in [1.29, 1.82) is 0 Å². The van der Waals surface area contributed by atoms with Crippen molar-refractivity contribution in [3.8, 4) is 0 Å². The Balaban J connectivity index is 1.55. The molecule has 36 heavy (non-hydrogen) atoms. The smallest absolute Gasteiger partial charge is 0.253 e. The van der Waals surface area contributed by atoms with E-state index in [1.165, 1.54) is 0 Å². The van der Waals surface area contributed by atoms with E-state index in [4.69, 9.17) is 4.74 Å². The lowest BCUT2D eigenvalue weighted by Gasteiger charge is -2.35. The SMILES string of the molecule is C[C@@H]1CN([C@H](C)CO)C(=O)CCCn2cc(nn2)CO[C@H]1CN(C)C(=O)c1ccc2ccn(C)c2c1. The molecule has 10 heteroatoms. The van der Waals surface area contributed by atoms with Crippen molar-refractivity contribution in [2.45, 2.75) is 52.0 Å². The minimum atomic E-state index is -0.357. The summed E-state index contributed by atoms with van der Waals surface area (Å²) in [4.78, 5) is 29.8. The highest BCUT2D eigenvalue weighted by molar-refractivity contribution is 5.98. The van der Waals surface area contributed by atoms with Crippen LogP contribution in [0.2, 0.25) is 0 Å². The predicted octanol–water partition coefficient (Wildman–Crippen LogP) is 2.07. The molecule has 194 valence electrons. The Bertz CT molecular complexity index is 1200. The van der Waals surface area contributed by atoms with Crippen LogP contribution in [0.25, 0.3) is 10.9 Å². The summed E-state index contributed by atoms with van der Waals surface area (Å²) in [6.45, 7) is 5.35. The number of carbonyl (C=O) groups is 2. The molecule has 0 fully saturated rings. The first-order valence-corrected chi connectivity index (χ1v) is 12.5. The van der Waals surface area contributed by atoms with Crippen LogP contribution in [0.3, 0.4) is 0 Å². The molecule has 1 N–H and O–H groups in total. The standard InChI is InChI=1S/C26H36N6O4/c1-18-13-32(19(2)16-33)25(34)6-5-10-31-14-22(27-28-31)17-36-24(18)15-30(4)26(35)21-8-7-20-9-11-29(3)23(20)12-21/h7-9,11-12,14,18-19,24,33H,5-6,10,13,15-17H2,1-4H3/t18-,19-,24+/m1/s1. The van der Waals surface area contributed by atoms with Gasteiger partial charge in [0.25, 0.3) is 5.91 Å². The summed E-state index contributed by atoms with van der Waals surface area (Å²) in [5.74, 6) is -0.203. The Hall–Kier alpha value is -3.24. The summed E-state index contributed by atoms with van der Waals surface area (Å²) < 4.78 is 10.00. The van der Waals surface area contributed by atoms with Crippen molar-refractivity contribution < 1.29 is 19.4 Å². The Morgan fingerprint density at radius 2 is 2.14 bits per heavy atom. The lowest BCUT2D eigenvalue weighted by atomic mass is 10.0. The number of rotatable bonds is 5. The largest absolute Gasteiger partial charge is 0.394 e. The molecular weight excluding hydrogens is 460 g/mol. The maximum absolute atomic E-state index is 13.3. The number of aryl methyl sites for hydroxylation is 2. The zero-order valence-corrected chi connectivity index (χ0v) is 21.5. The number of carbonyl (C=O) groups excluding carboxylic acids is 2. The first-order chi connectivity index (χ1) is 17.3. The van der Waals surface area contributed by atoms with Crippen LogP contribution < -0.4 is 0 Å². The number of hydrogen-bond donors (Lipinski definition) is 1. The van der Waals surface area contributed by atoms with Crippen molar-refractivity contribution in [3.05, 3.63) is 47.9 Å². The highest BCUT2D eigenvalue weighted by atomic mass is 16.5. The number of likely N-dealkylation sites (N-methyl/N-ethyl adjacent to an activating group) is 1. The van der Waals surface area contributed by atoms with Crippen LogP contribution in [0.5, 0.6) is 0 Å². The second-order valence-electron chi connectivity index (χ2n) is 9.87. The van der Waals surface area contributed by atoms with Crippen molar-refractivity contribution in [2.24, 2.45) is 13.0 Å². The van der Waals surface area contributed by atoms with Crippen LogP contribution in [0.1, 0.15) is 42.7 Å². The molecule has 3 atom stereocenters. The molecule has 2 bridgehead atoms. The van der Waals surface area contributed by atoms with E-state index >= 15 is 0 Å². The maximum atomic E-state index is 13.3. The van der Waals surface area contributed by atoms with Crippen LogP contribution in [0, 0.1) is 5.92 Å². The van der Waals surface area contributed by atoms with Gasteiger partial charge in [-0.15, -0.1) is 5.10 Å². The first kappa shape index (κ1) is 25.8. The molecular formula is C26H36N6O4. The minimum Gasteiger partial charge on any atom is -0.394 e. The zero-order valence-electron chi connectivity index (χ0n) is 21.5. The Morgan fingerprint density at radius 3 is 2.92 bits per heavy atom. The molecule has 2 amide bonds. The van der Waals surface area contributed by atoms with Crippen molar-refractivity contribution in [2.75, 3.05) is 26.7 Å². The van der Waals surface area contributed by atoms with Gasteiger partial charge in [-0.2, -0.15) is 0 Å². The quantitative estimate of drug-likeness (QED) is 0.580. The number of benzene rings is 1. The Morgan fingerprint density at radius 1 is 1.33 bits per heavy atom. The average Bonchev–Trinajstić information content (AvgIpc) is 3.49. The number of fused-ring (bicyclic) bond motifs is 3. The average molecular weight is 497 g/mol. The van der Waals surface area contributed by atoms with Crippen molar-refractivity contribution in [1.82, 2.24) is 29.4 Å². The van der Waals surface area contributed by atoms with E-state index < -0.39 is 0 Å². The molecule has 0 saturated carbocycles. The van der Waals surface area contributed by atoms with E-state index in [-0.39, 0.29) is 43.1 Å². The molecule has 1 aliphatic rings. The van der Waals surface area contributed by atoms with E-state index in [2.05, 4.69) is 10.3 Å². The highest BCUT2D eigenvalue weighted by Crippen LogP contribution is 2.20. The molecule has 3 aromatic rings. The van der Waals surface area contributed by atoms with Crippen LogP contribution in [0.4, 0.5) is 0 Å². The second kappa shape index (κ2) is 11.2. The van der Waals surface area contributed by atoms with Crippen molar-refractivity contribution >= 4 is 22.7 Å². The van der Waals surface area contributed by atoms with Gasteiger partial charge in [0.1, 0.15) is 5.69 Å². The van der Waals surface area contributed by atoms with Gasteiger partial charge in [0.15, 0.2) is 0 Å². The van der Waals surface area contributed by atoms with Gasteiger partial charge in [-0.05, 0) is 36.9 Å². The van der Waals surface area contributed by atoms with Gasteiger partial charge in [0.2, 0.25) is 5.91 Å². The van der Waals surface area contributed by atoms with Gasteiger partial charge in [-0.3, -0.25) is 14.3 Å². The van der Waals surface area contributed by atoms with Gasteiger partial charge >= 0.3 is 0 Å². The normalized spacial score (nSPS) is 20.5. The molecule has 0 spiro atoms. The van der Waals surface area contributed by atoms with E-state index in [1.807, 2.05) is 62.1 Å². The fourth-order valence-electron chi connectivity index (χ4n) is 4.66. The van der Waals surface area contributed by atoms with Gasteiger partial charge in [-0.25, -0.2) is 0 Å². The number of aliphatic hydroxyl groups excluding tert-OH is 1. The molecule has 0 aliphatic carbocycles. The fraction of sp³-hybridized carbons (Fsp3) is 0.538.